The van der Waals surface area contributed by atoms with E-state index in [1.165, 1.54) is 0 Å². The number of aliphatic carboxylic acids is 1. The van der Waals surface area contributed by atoms with Crippen molar-refractivity contribution in [1.29, 1.82) is 0 Å². The number of amides is 1. The summed E-state index contributed by atoms with van der Waals surface area (Å²) in [6, 6.07) is -1.01. The van der Waals surface area contributed by atoms with E-state index in [9.17, 15) is 14.7 Å². The van der Waals surface area contributed by atoms with E-state index in [2.05, 4.69) is 17.2 Å². The van der Waals surface area contributed by atoms with E-state index in [4.69, 9.17) is 15.8 Å². The third-order valence-corrected chi connectivity index (χ3v) is 4.94. The maximum Gasteiger partial charge on any atom is 0.451 e. The molecule has 0 aliphatic carbocycles. The lowest BCUT2D eigenvalue weighted by molar-refractivity contribution is -0.145. The van der Waals surface area contributed by atoms with E-state index < -0.39 is 30.1 Å². The Morgan fingerprint density at radius 3 is 2.54 bits per heavy atom. The number of carbonyl (C=O) groups excluding carboxylic acids is 1. The summed E-state index contributed by atoms with van der Waals surface area (Å²) in [5.41, 5.74) is 4.71. The Kier molecular flexibility index (Phi) is 7.82. The van der Waals surface area contributed by atoms with Crippen LogP contribution < -0.4 is 16.4 Å². The first-order valence-electron chi connectivity index (χ1n) is 8.99. The van der Waals surface area contributed by atoms with Crippen LogP contribution in [0.4, 0.5) is 0 Å². The lowest BCUT2D eigenvalue weighted by Crippen LogP contribution is -2.62. The summed E-state index contributed by atoms with van der Waals surface area (Å²) in [5.74, 6) is -1.34. The molecule has 9 heteroatoms. The number of carbonyl (C=O) groups is 2. The van der Waals surface area contributed by atoms with Crippen LogP contribution in [0, 0.1) is 5.41 Å². The van der Waals surface area contributed by atoms with E-state index in [0.717, 1.165) is 0 Å². The molecule has 7 N–H and O–H groups in total. The largest absolute Gasteiger partial charge is 0.480 e. The average molecular weight is 369 g/mol. The minimum Gasteiger partial charge on any atom is -0.480 e. The summed E-state index contributed by atoms with van der Waals surface area (Å²) in [6.45, 7) is 9.95. The van der Waals surface area contributed by atoms with Gasteiger partial charge in [0.1, 0.15) is 5.54 Å². The lowest BCUT2D eigenvalue weighted by atomic mass is 9.76. The molecule has 0 spiro atoms. The lowest BCUT2D eigenvalue weighted by Gasteiger charge is -2.41. The molecule has 1 aliphatic rings. The van der Waals surface area contributed by atoms with Crippen molar-refractivity contribution in [1.82, 2.24) is 10.6 Å². The number of nitrogens with two attached hydrogens (primary N) is 1. The highest BCUT2D eigenvalue weighted by Gasteiger charge is 2.45. The predicted octanol–water partition coefficient (Wildman–Crippen LogP) is -0.139. The van der Waals surface area contributed by atoms with Gasteiger partial charge < -0.3 is 26.2 Å². The number of carboxylic acid groups (broad SMARTS) is 1. The Balaban J connectivity index is 2.81. The summed E-state index contributed by atoms with van der Waals surface area (Å²) in [4.78, 5) is 24.4. The second-order valence-corrected chi connectivity index (χ2v) is 8.16. The first-order valence-corrected chi connectivity index (χ1v) is 8.99. The molecular weight excluding hydrogens is 337 g/mol. The molecule has 1 aliphatic heterocycles. The van der Waals surface area contributed by atoms with E-state index in [1.807, 2.05) is 20.8 Å². The SMILES string of the molecule is C=C(CCCB(O)O)[C@]1(C(=O)O)C[C@@H](NC(=O)[C@@H](N)C(C)(C)C)CCN1. The van der Waals surface area contributed by atoms with E-state index in [1.54, 1.807) is 0 Å². The van der Waals surface area contributed by atoms with Crippen LogP contribution in [-0.2, 0) is 9.59 Å². The van der Waals surface area contributed by atoms with Crippen LogP contribution in [0.2, 0.25) is 6.32 Å². The van der Waals surface area contributed by atoms with Crippen LogP contribution in [0.15, 0.2) is 12.2 Å². The zero-order valence-corrected chi connectivity index (χ0v) is 15.9. The van der Waals surface area contributed by atoms with Gasteiger partial charge in [0, 0.05) is 12.5 Å². The van der Waals surface area contributed by atoms with Gasteiger partial charge in [-0.05, 0) is 36.7 Å². The van der Waals surface area contributed by atoms with Crippen molar-refractivity contribution < 1.29 is 24.7 Å². The van der Waals surface area contributed by atoms with E-state index >= 15 is 0 Å². The summed E-state index contributed by atoms with van der Waals surface area (Å²) < 4.78 is 0. The number of rotatable bonds is 8. The van der Waals surface area contributed by atoms with Crippen molar-refractivity contribution in [2.45, 2.75) is 70.4 Å². The highest BCUT2D eigenvalue weighted by Crippen LogP contribution is 2.30. The third kappa shape index (κ3) is 5.80. The Hall–Kier alpha value is -1.42. The van der Waals surface area contributed by atoms with Crippen molar-refractivity contribution >= 4 is 19.0 Å². The smallest absolute Gasteiger partial charge is 0.451 e. The van der Waals surface area contributed by atoms with E-state index in [-0.39, 0.29) is 24.7 Å². The zero-order valence-electron chi connectivity index (χ0n) is 15.9. The van der Waals surface area contributed by atoms with Gasteiger partial charge in [-0.1, -0.05) is 33.8 Å². The molecule has 0 aromatic carbocycles. The summed E-state index contributed by atoms with van der Waals surface area (Å²) in [6.07, 6.45) is 1.68. The standard InChI is InChI=1S/C17H32BN3O5/c1-11(6-5-8-18(25)26)17(15(23)24)10-12(7-9-20-17)21-14(22)13(19)16(2,3)4/h12-13,20,25-26H,1,5-10,19H2,2-4H3,(H,21,22)(H,23,24)/t12-,13+,17-/m0/s1. The van der Waals surface area contributed by atoms with Crippen LogP contribution in [-0.4, -0.2) is 58.3 Å². The molecule has 1 fully saturated rings. The third-order valence-electron chi connectivity index (χ3n) is 4.94. The molecule has 148 valence electrons. The highest BCUT2D eigenvalue weighted by molar-refractivity contribution is 6.40. The van der Waals surface area contributed by atoms with Gasteiger partial charge in [0.2, 0.25) is 5.91 Å². The van der Waals surface area contributed by atoms with Crippen molar-refractivity contribution in [3.63, 3.8) is 0 Å². The molecule has 3 atom stereocenters. The molecule has 0 unspecified atom stereocenters. The Morgan fingerprint density at radius 2 is 2.04 bits per heavy atom. The van der Waals surface area contributed by atoms with E-state index in [0.29, 0.717) is 31.4 Å². The van der Waals surface area contributed by atoms with Gasteiger partial charge in [-0.15, -0.1) is 0 Å². The molecule has 1 rings (SSSR count). The van der Waals surface area contributed by atoms with Crippen LogP contribution in [0.25, 0.3) is 0 Å². The molecule has 0 radical (unpaired) electrons. The van der Waals surface area contributed by atoms with Crippen LogP contribution in [0.1, 0.15) is 46.5 Å². The number of hydrogen-bond donors (Lipinski definition) is 6. The number of nitrogens with one attached hydrogen (secondary N) is 2. The molecule has 0 aromatic heterocycles. The molecular formula is C17H32BN3O5. The fourth-order valence-electron chi connectivity index (χ4n) is 3.11. The summed E-state index contributed by atoms with van der Waals surface area (Å²) in [7, 11) is -1.42. The molecule has 26 heavy (non-hydrogen) atoms. The Bertz CT molecular complexity index is 535. The van der Waals surface area contributed by atoms with Gasteiger partial charge in [-0.2, -0.15) is 0 Å². The van der Waals surface area contributed by atoms with Crippen molar-refractivity contribution in [3.8, 4) is 0 Å². The topological polar surface area (TPSA) is 145 Å². The second kappa shape index (κ2) is 8.99. The van der Waals surface area contributed by atoms with Gasteiger partial charge in [-0.3, -0.25) is 10.1 Å². The minimum absolute atomic E-state index is 0.148. The van der Waals surface area contributed by atoms with Crippen LogP contribution >= 0.6 is 0 Å². The number of hydrogen-bond acceptors (Lipinski definition) is 6. The Morgan fingerprint density at radius 1 is 1.42 bits per heavy atom. The first kappa shape index (κ1) is 22.6. The minimum atomic E-state index is -1.42. The van der Waals surface area contributed by atoms with Crippen LogP contribution in [0.3, 0.4) is 0 Å². The van der Waals surface area contributed by atoms with Crippen molar-refractivity contribution in [3.05, 3.63) is 12.2 Å². The van der Waals surface area contributed by atoms with Gasteiger partial charge in [-0.25, -0.2) is 4.79 Å². The summed E-state index contributed by atoms with van der Waals surface area (Å²) in [5, 5.41) is 33.6. The second-order valence-electron chi connectivity index (χ2n) is 8.16. The molecule has 1 heterocycles. The molecule has 1 amide bonds. The summed E-state index contributed by atoms with van der Waals surface area (Å²) >= 11 is 0. The normalized spacial score (nSPS) is 24.6. The number of carboxylic acids is 1. The quantitative estimate of drug-likeness (QED) is 0.258. The van der Waals surface area contributed by atoms with Gasteiger partial charge in [0.05, 0.1) is 6.04 Å². The van der Waals surface area contributed by atoms with Gasteiger partial charge in [0.25, 0.3) is 0 Å². The highest BCUT2D eigenvalue weighted by atomic mass is 16.4. The molecule has 8 nitrogen and oxygen atoms in total. The maximum absolute atomic E-state index is 12.4. The zero-order chi connectivity index (χ0) is 20.1. The maximum atomic E-state index is 12.4. The first-order chi connectivity index (χ1) is 11.9. The van der Waals surface area contributed by atoms with Gasteiger partial charge >= 0.3 is 13.1 Å². The molecule has 1 saturated heterocycles. The molecule has 0 saturated carbocycles. The fourth-order valence-corrected chi connectivity index (χ4v) is 3.11. The monoisotopic (exact) mass is 369 g/mol. The average Bonchev–Trinajstić information content (AvgIpc) is 2.52. The van der Waals surface area contributed by atoms with Gasteiger partial charge in [0.15, 0.2) is 0 Å². The predicted molar refractivity (Wildman–Crippen MR) is 100 cm³/mol. The van der Waals surface area contributed by atoms with Crippen LogP contribution in [0.5, 0.6) is 0 Å². The number of piperidine rings is 1. The van der Waals surface area contributed by atoms with Crippen molar-refractivity contribution in [2.24, 2.45) is 11.1 Å². The molecule has 0 bridgehead atoms. The molecule has 0 aromatic rings. The van der Waals surface area contributed by atoms with Crippen molar-refractivity contribution in [2.75, 3.05) is 6.54 Å². The Labute approximate surface area is 155 Å². The fraction of sp³-hybridized carbons (Fsp3) is 0.765.